The largest absolute Gasteiger partial charge is 0.352 e. The number of hydrogen-bond donors (Lipinski definition) is 2. The third-order valence-corrected chi connectivity index (χ3v) is 3.47. The van der Waals surface area contributed by atoms with Crippen molar-refractivity contribution in [2.45, 2.75) is 19.3 Å². The molecule has 0 unspecified atom stereocenters. The summed E-state index contributed by atoms with van der Waals surface area (Å²) < 4.78 is 0. The van der Waals surface area contributed by atoms with Crippen LogP contribution in [0.3, 0.4) is 0 Å². The van der Waals surface area contributed by atoms with Crippen molar-refractivity contribution < 1.29 is 4.79 Å². The fraction of sp³-hybridized carbons (Fsp3) is 0.500. The molecule has 1 aliphatic rings. The normalized spacial score (nSPS) is 14.5. The zero-order chi connectivity index (χ0) is 14.9. The van der Waals surface area contributed by atoms with Gasteiger partial charge in [0.25, 0.3) is 5.91 Å². The van der Waals surface area contributed by atoms with Gasteiger partial charge in [-0.15, -0.1) is 0 Å². The molecule has 112 valence electrons. The Balaban J connectivity index is 1.77. The van der Waals surface area contributed by atoms with Crippen LogP contribution in [0.1, 0.15) is 35.2 Å². The van der Waals surface area contributed by atoms with E-state index in [0.717, 1.165) is 13.0 Å². The Labute approximate surface area is 125 Å². The topological polar surface area (TPSA) is 71.2 Å². The zero-order valence-electron chi connectivity index (χ0n) is 12.3. The van der Waals surface area contributed by atoms with Crippen molar-refractivity contribution >= 4 is 5.91 Å². The van der Waals surface area contributed by atoms with E-state index in [1.807, 2.05) is 0 Å². The summed E-state index contributed by atoms with van der Waals surface area (Å²) in [7, 11) is 0. The molecule has 21 heavy (non-hydrogen) atoms. The fourth-order valence-electron chi connectivity index (χ4n) is 2.40. The standard InChI is InChI=1S/C16H22N4O/c17-6-3-5-14-11-15(13-18-12-14)16(21)19-7-4-10-20-8-1-2-9-20/h11-13H,1-2,4,6-10,17H2,(H,19,21). The number of nitrogens with zero attached hydrogens (tertiary/aromatic N) is 2. The second-order valence-electron chi connectivity index (χ2n) is 5.13. The molecule has 3 N–H and O–H groups in total. The van der Waals surface area contributed by atoms with Crippen LogP contribution in [0.2, 0.25) is 0 Å². The van der Waals surface area contributed by atoms with Crippen LogP contribution in [0.15, 0.2) is 18.5 Å². The van der Waals surface area contributed by atoms with E-state index in [-0.39, 0.29) is 5.91 Å². The Bertz CT molecular complexity index is 527. The van der Waals surface area contributed by atoms with Gasteiger partial charge < -0.3 is 16.0 Å². The van der Waals surface area contributed by atoms with Crippen molar-refractivity contribution in [3.8, 4) is 11.8 Å². The number of aromatic nitrogens is 1. The van der Waals surface area contributed by atoms with Gasteiger partial charge >= 0.3 is 0 Å². The SMILES string of the molecule is NCC#Cc1cncc(C(=O)NCCCN2CCCC2)c1. The van der Waals surface area contributed by atoms with E-state index in [1.165, 1.54) is 25.9 Å². The second-order valence-corrected chi connectivity index (χ2v) is 5.13. The highest BCUT2D eigenvalue weighted by Crippen LogP contribution is 2.07. The minimum Gasteiger partial charge on any atom is -0.352 e. The summed E-state index contributed by atoms with van der Waals surface area (Å²) in [5.74, 6) is 5.54. The van der Waals surface area contributed by atoms with E-state index in [1.54, 1.807) is 18.5 Å². The van der Waals surface area contributed by atoms with Gasteiger partial charge in [-0.2, -0.15) is 0 Å². The highest BCUT2D eigenvalue weighted by molar-refractivity contribution is 5.94. The molecule has 2 heterocycles. The monoisotopic (exact) mass is 286 g/mol. The number of pyridine rings is 1. The van der Waals surface area contributed by atoms with E-state index < -0.39 is 0 Å². The molecule has 0 aromatic carbocycles. The summed E-state index contributed by atoms with van der Waals surface area (Å²) in [6.07, 6.45) is 6.77. The molecule has 0 saturated carbocycles. The predicted molar refractivity (Wildman–Crippen MR) is 82.8 cm³/mol. The molecule has 1 fully saturated rings. The van der Waals surface area contributed by atoms with Gasteiger partial charge in [0.05, 0.1) is 12.1 Å². The van der Waals surface area contributed by atoms with Crippen LogP contribution in [-0.2, 0) is 0 Å². The number of nitrogens with two attached hydrogens (primary N) is 1. The highest BCUT2D eigenvalue weighted by atomic mass is 16.1. The average molecular weight is 286 g/mol. The average Bonchev–Trinajstić information content (AvgIpc) is 3.03. The van der Waals surface area contributed by atoms with Crippen molar-refractivity contribution in [2.75, 3.05) is 32.7 Å². The Hall–Kier alpha value is -1.90. The quantitative estimate of drug-likeness (QED) is 0.614. The second kappa shape index (κ2) is 8.40. The molecule has 0 spiro atoms. The van der Waals surface area contributed by atoms with E-state index in [4.69, 9.17) is 5.73 Å². The van der Waals surface area contributed by atoms with Gasteiger partial charge in [0.2, 0.25) is 0 Å². The third-order valence-electron chi connectivity index (χ3n) is 3.47. The molecule has 1 saturated heterocycles. The van der Waals surface area contributed by atoms with Crippen LogP contribution in [0.4, 0.5) is 0 Å². The van der Waals surface area contributed by atoms with Gasteiger partial charge in [-0.05, 0) is 45.0 Å². The maximum atomic E-state index is 12.0. The third kappa shape index (κ3) is 5.18. The first-order valence-corrected chi connectivity index (χ1v) is 7.44. The van der Waals surface area contributed by atoms with E-state index >= 15 is 0 Å². The molecule has 2 rings (SSSR count). The van der Waals surface area contributed by atoms with Gasteiger partial charge in [-0.1, -0.05) is 11.8 Å². The number of carbonyl (C=O) groups excluding carboxylic acids is 1. The summed E-state index contributed by atoms with van der Waals surface area (Å²) in [5.41, 5.74) is 6.58. The first kappa shape index (κ1) is 15.5. The Morgan fingerprint density at radius 2 is 2.19 bits per heavy atom. The Kier molecular flexibility index (Phi) is 6.20. The lowest BCUT2D eigenvalue weighted by Gasteiger charge is -2.14. The summed E-state index contributed by atoms with van der Waals surface area (Å²) in [6, 6.07) is 1.74. The number of rotatable bonds is 5. The number of amides is 1. The summed E-state index contributed by atoms with van der Waals surface area (Å²) in [4.78, 5) is 18.5. The van der Waals surface area contributed by atoms with Crippen molar-refractivity contribution in [1.82, 2.24) is 15.2 Å². The molecule has 0 atom stereocenters. The van der Waals surface area contributed by atoms with Crippen molar-refractivity contribution in [2.24, 2.45) is 5.73 Å². The lowest BCUT2D eigenvalue weighted by Crippen LogP contribution is -2.28. The van der Waals surface area contributed by atoms with Crippen LogP contribution in [0, 0.1) is 11.8 Å². The smallest absolute Gasteiger partial charge is 0.252 e. The van der Waals surface area contributed by atoms with Crippen molar-refractivity contribution in [3.63, 3.8) is 0 Å². The number of carbonyl (C=O) groups is 1. The van der Waals surface area contributed by atoms with Gasteiger partial charge in [-0.3, -0.25) is 9.78 Å². The van der Waals surface area contributed by atoms with E-state index in [2.05, 4.69) is 27.0 Å². The maximum absolute atomic E-state index is 12.0. The van der Waals surface area contributed by atoms with Gasteiger partial charge in [0.15, 0.2) is 0 Å². The summed E-state index contributed by atoms with van der Waals surface area (Å²) >= 11 is 0. The molecule has 0 radical (unpaired) electrons. The molecule has 5 heteroatoms. The summed E-state index contributed by atoms with van der Waals surface area (Å²) in [5, 5.41) is 2.93. The van der Waals surface area contributed by atoms with Crippen molar-refractivity contribution in [1.29, 1.82) is 0 Å². The van der Waals surface area contributed by atoms with Crippen LogP contribution in [0.25, 0.3) is 0 Å². The fourth-order valence-corrected chi connectivity index (χ4v) is 2.40. The molecule has 5 nitrogen and oxygen atoms in total. The Morgan fingerprint density at radius 3 is 2.95 bits per heavy atom. The van der Waals surface area contributed by atoms with E-state index in [0.29, 0.717) is 24.2 Å². The van der Waals surface area contributed by atoms with Crippen LogP contribution in [-0.4, -0.2) is 48.5 Å². The molecular weight excluding hydrogens is 264 g/mol. The first-order valence-electron chi connectivity index (χ1n) is 7.44. The highest BCUT2D eigenvalue weighted by Gasteiger charge is 2.11. The molecule has 1 aromatic heterocycles. The molecule has 1 aliphatic heterocycles. The molecular formula is C16H22N4O. The number of nitrogens with one attached hydrogen (secondary N) is 1. The van der Waals surface area contributed by atoms with Gasteiger partial charge in [-0.25, -0.2) is 0 Å². The molecule has 0 bridgehead atoms. The van der Waals surface area contributed by atoms with Crippen LogP contribution < -0.4 is 11.1 Å². The molecule has 1 amide bonds. The van der Waals surface area contributed by atoms with Crippen molar-refractivity contribution in [3.05, 3.63) is 29.6 Å². The van der Waals surface area contributed by atoms with Crippen LogP contribution in [0.5, 0.6) is 0 Å². The lowest BCUT2D eigenvalue weighted by molar-refractivity contribution is 0.0951. The zero-order valence-corrected chi connectivity index (χ0v) is 12.3. The van der Waals surface area contributed by atoms with E-state index in [9.17, 15) is 4.79 Å². The van der Waals surface area contributed by atoms with Gasteiger partial charge in [0.1, 0.15) is 0 Å². The van der Waals surface area contributed by atoms with Crippen LogP contribution >= 0.6 is 0 Å². The molecule has 0 aliphatic carbocycles. The Morgan fingerprint density at radius 1 is 1.38 bits per heavy atom. The number of hydrogen-bond acceptors (Lipinski definition) is 4. The molecule has 1 aromatic rings. The maximum Gasteiger partial charge on any atom is 0.252 e. The summed E-state index contributed by atoms with van der Waals surface area (Å²) in [6.45, 7) is 4.43. The number of likely N-dealkylation sites (tertiary alicyclic amines) is 1. The van der Waals surface area contributed by atoms with Gasteiger partial charge in [0, 0.05) is 24.5 Å². The predicted octanol–water partition coefficient (Wildman–Crippen LogP) is 0.608. The first-order chi connectivity index (χ1) is 10.3. The minimum atomic E-state index is -0.0969. The minimum absolute atomic E-state index is 0.0969. The lowest BCUT2D eigenvalue weighted by atomic mass is 10.2.